The van der Waals surface area contributed by atoms with Crippen LogP contribution in [-0.2, 0) is 27.5 Å². The Morgan fingerprint density at radius 3 is 2.03 bits per heavy atom. The zero-order chi connectivity index (χ0) is 47.7. The van der Waals surface area contributed by atoms with E-state index in [-0.39, 0.29) is 49.0 Å². The molecular formula is C54H39N3OPt-2. The topological polar surface area (TPSA) is 30.9 Å². The summed E-state index contributed by atoms with van der Waals surface area (Å²) in [4.78, 5) is 4.81. The van der Waals surface area contributed by atoms with Crippen molar-refractivity contribution in [2.24, 2.45) is 5.92 Å². The average molecular weight is 951 g/mol. The van der Waals surface area contributed by atoms with Crippen LogP contribution in [0.5, 0.6) is 11.5 Å². The summed E-state index contributed by atoms with van der Waals surface area (Å²) >= 11 is 0. The van der Waals surface area contributed by atoms with Crippen LogP contribution in [0.1, 0.15) is 33.1 Å². The van der Waals surface area contributed by atoms with Gasteiger partial charge in [0.1, 0.15) is 0 Å². The van der Waals surface area contributed by atoms with E-state index in [1.165, 1.54) is 16.3 Å². The number of nitrogens with zero attached hydrogens (tertiary/aromatic N) is 3. The van der Waals surface area contributed by atoms with E-state index in [2.05, 4.69) is 68.7 Å². The van der Waals surface area contributed by atoms with Gasteiger partial charge >= 0.3 is 0 Å². The van der Waals surface area contributed by atoms with E-state index in [9.17, 15) is 0 Å². The molecule has 59 heavy (non-hydrogen) atoms. The number of fused-ring (bicyclic) bond motifs is 4. The third kappa shape index (κ3) is 7.26. The van der Waals surface area contributed by atoms with Gasteiger partial charge in [-0.15, -0.1) is 35.9 Å². The number of benzene rings is 8. The Hall–Kier alpha value is -6.61. The first-order valence-electron chi connectivity index (χ1n) is 24.0. The Labute approximate surface area is 373 Å². The van der Waals surface area contributed by atoms with E-state index in [1.54, 1.807) is 39.5 Å². The molecule has 8 aromatic carbocycles. The quantitative estimate of drug-likeness (QED) is 0.0820. The van der Waals surface area contributed by atoms with Crippen LogP contribution in [0.3, 0.4) is 0 Å². The number of aromatic nitrogens is 3. The number of pyridine rings is 1. The standard InChI is InChI=1S/C54H39N3O.Pt/c1-37(2)33-40-19-12-26-48-45(40)29-30-50-49(48)31-32-55-53(50)41-20-11-22-43(34-41)58-44-23-13-21-42(35-44)56-36-57(52-28-10-9-27-51(52)56)54-46(38-15-5-3-6-16-38)24-14-25-47(54)39-17-7-4-8-18-39;/h3-32,37H,33H2,1-2H3;/q-2;/i3D,4D,5D,6D,7D,8D,15D,16D,17D,18D;. The van der Waals surface area contributed by atoms with Gasteiger partial charge in [-0.25, -0.2) is 0 Å². The Kier molecular flexibility index (Phi) is 7.73. The molecule has 0 aliphatic heterocycles. The monoisotopic (exact) mass is 950 g/mol. The summed E-state index contributed by atoms with van der Waals surface area (Å²) in [6, 6.07) is 37.5. The summed E-state index contributed by atoms with van der Waals surface area (Å²) in [5, 5.41) is 4.49. The molecule has 0 atom stereocenters. The minimum atomic E-state index is -0.570. The van der Waals surface area contributed by atoms with Crippen molar-refractivity contribution in [2.45, 2.75) is 20.3 Å². The smallest absolute Gasteiger partial charge is 0.268 e. The second kappa shape index (κ2) is 16.3. The molecule has 0 N–H and O–H groups in total. The summed E-state index contributed by atoms with van der Waals surface area (Å²) < 4.78 is 96.4. The summed E-state index contributed by atoms with van der Waals surface area (Å²) in [5.74, 6) is 1.32. The van der Waals surface area contributed by atoms with Crippen LogP contribution in [0.2, 0.25) is 0 Å². The fraction of sp³-hybridized carbons (Fsp3) is 0.0741. The van der Waals surface area contributed by atoms with Crippen molar-refractivity contribution in [2.75, 3.05) is 0 Å². The zero-order valence-electron chi connectivity index (χ0n) is 41.9. The molecule has 5 heteroatoms. The van der Waals surface area contributed by atoms with Gasteiger partial charge in [-0.3, -0.25) is 4.57 Å². The first-order valence-corrected chi connectivity index (χ1v) is 19.0. The summed E-state index contributed by atoms with van der Waals surface area (Å²) in [6.45, 7) is 4.45. The van der Waals surface area contributed by atoms with Crippen LogP contribution in [-0.4, -0.2) is 9.55 Å². The van der Waals surface area contributed by atoms with Crippen LogP contribution >= 0.6 is 0 Å². The molecule has 0 spiro atoms. The minimum absolute atomic E-state index is 0. The third-order valence-electron chi connectivity index (χ3n) is 10.1. The van der Waals surface area contributed by atoms with Gasteiger partial charge in [0.05, 0.1) is 30.4 Å². The van der Waals surface area contributed by atoms with Crippen LogP contribution in [0.15, 0.2) is 182 Å². The fourth-order valence-electron chi connectivity index (χ4n) is 7.67. The Morgan fingerprint density at radius 2 is 1.29 bits per heavy atom. The van der Waals surface area contributed by atoms with Crippen molar-refractivity contribution in [1.29, 1.82) is 0 Å². The number of hydrogen-bond acceptors (Lipinski definition) is 2. The van der Waals surface area contributed by atoms with Crippen LogP contribution in [0, 0.1) is 24.4 Å². The number of rotatable bonds is 9. The summed E-state index contributed by atoms with van der Waals surface area (Å²) in [6.07, 6.45) is 6.20. The van der Waals surface area contributed by atoms with Gasteiger partial charge in [0.25, 0.3) is 6.33 Å². The molecule has 2 heterocycles. The van der Waals surface area contributed by atoms with E-state index in [1.807, 2.05) is 54.7 Å². The molecular weight excluding hydrogens is 902 g/mol. The Bertz CT molecular complexity index is 3560. The maximum Gasteiger partial charge on any atom is 0.268 e. The number of ether oxygens (including phenoxy) is 1. The first kappa shape index (κ1) is 27.9. The van der Waals surface area contributed by atoms with Gasteiger partial charge in [-0.2, -0.15) is 12.1 Å². The fourth-order valence-corrected chi connectivity index (χ4v) is 7.67. The largest absolute Gasteiger partial charge is 0.503 e. The Morgan fingerprint density at radius 1 is 0.644 bits per heavy atom. The molecule has 0 aliphatic carbocycles. The van der Waals surface area contributed by atoms with Crippen molar-refractivity contribution in [3.8, 4) is 56.4 Å². The molecule has 0 fully saturated rings. The predicted molar refractivity (Wildman–Crippen MR) is 235 cm³/mol. The van der Waals surface area contributed by atoms with Gasteiger partial charge in [0, 0.05) is 38.8 Å². The Balaban J connectivity index is 0.00000593. The van der Waals surface area contributed by atoms with Crippen molar-refractivity contribution in [1.82, 2.24) is 9.55 Å². The number of imidazole rings is 1. The van der Waals surface area contributed by atoms with Crippen molar-refractivity contribution in [3.63, 3.8) is 0 Å². The molecule has 0 saturated heterocycles. The second-order valence-electron chi connectivity index (χ2n) is 14.3. The zero-order valence-corrected chi connectivity index (χ0v) is 34.2. The van der Waals surface area contributed by atoms with Gasteiger partial charge in [0.2, 0.25) is 0 Å². The molecule has 0 bridgehead atoms. The SMILES string of the molecule is [2H]c1c([2H])c([2H])c(-c2cccc(-c3c([2H])c([2H])c([2H])c([2H])c3[2H])c2-[n+]2[c-]n(-c3[c-]c(Oc4[c-]c(-c5nccc6c5ccc5c(CC(C)C)cccc56)ccc4)ccc3)c3ccccc32)c([2H])c1[2H].[Pt]. The van der Waals surface area contributed by atoms with Crippen molar-refractivity contribution >= 4 is 32.6 Å². The molecule has 0 saturated carbocycles. The predicted octanol–water partition coefficient (Wildman–Crippen LogP) is 13.0. The van der Waals surface area contributed by atoms with E-state index in [0.29, 0.717) is 34.1 Å². The molecule has 0 aliphatic rings. The second-order valence-corrected chi connectivity index (χ2v) is 14.3. The van der Waals surface area contributed by atoms with Gasteiger partial charge in [-0.05, 0) is 79.1 Å². The van der Waals surface area contributed by atoms with Crippen molar-refractivity contribution in [3.05, 3.63) is 206 Å². The molecule has 10 aromatic rings. The average Bonchev–Trinajstić information content (AvgIpc) is 3.73. The summed E-state index contributed by atoms with van der Waals surface area (Å²) in [7, 11) is 0. The van der Waals surface area contributed by atoms with Gasteiger partial charge < -0.3 is 14.3 Å². The number of para-hydroxylation sites is 3. The van der Waals surface area contributed by atoms with E-state index in [0.717, 1.165) is 28.5 Å². The van der Waals surface area contributed by atoms with Crippen LogP contribution in [0.25, 0.3) is 77.5 Å². The van der Waals surface area contributed by atoms with Crippen LogP contribution < -0.4 is 9.30 Å². The minimum Gasteiger partial charge on any atom is -0.503 e. The molecule has 10 rings (SSSR count). The maximum absolute atomic E-state index is 8.98. The molecule has 0 unspecified atom stereocenters. The van der Waals surface area contributed by atoms with Gasteiger partial charge in [-0.1, -0.05) is 153 Å². The molecule has 4 nitrogen and oxygen atoms in total. The van der Waals surface area contributed by atoms with E-state index < -0.39 is 60.4 Å². The molecule has 0 radical (unpaired) electrons. The number of hydrogen-bond donors (Lipinski definition) is 0. The van der Waals surface area contributed by atoms with Gasteiger partial charge in [0.15, 0.2) is 0 Å². The van der Waals surface area contributed by atoms with Crippen molar-refractivity contribution < 1.29 is 44.1 Å². The summed E-state index contributed by atoms with van der Waals surface area (Å²) in [5.41, 5.74) is 4.68. The van der Waals surface area contributed by atoms with Crippen LogP contribution in [0.4, 0.5) is 0 Å². The van der Waals surface area contributed by atoms with E-state index in [4.69, 9.17) is 23.4 Å². The molecule has 2 aromatic heterocycles. The maximum atomic E-state index is 8.98. The molecule has 0 amide bonds. The normalized spacial score (nSPS) is 13.7. The molecule has 288 valence electrons. The first-order chi connectivity index (χ1) is 32.7. The third-order valence-corrected chi connectivity index (χ3v) is 10.1. The van der Waals surface area contributed by atoms with E-state index >= 15 is 0 Å².